The molecule has 0 atom stereocenters. The molecule has 0 radical (unpaired) electrons. The summed E-state index contributed by atoms with van der Waals surface area (Å²) in [6, 6.07) is 12.2. The Morgan fingerprint density at radius 2 is 1.46 bits per heavy atom. The maximum absolute atomic E-state index is 12.9. The number of nitrogens with zero attached hydrogens (tertiary/aromatic N) is 1. The van der Waals surface area contributed by atoms with E-state index in [0.717, 1.165) is 0 Å². The third-order valence-electron chi connectivity index (χ3n) is 3.82. The van der Waals surface area contributed by atoms with Gasteiger partial charge in [-0.15, -0.1) is 0 Å². The molecule has 9 heteroatoms. The maximum Gasteiger partial charge on any atom is 0.243 e. The summed E-state index contributed by atoms with van der Waals surface area (Å²) in [4.78, 5) is 0.224. The van der Waals surface area contributed by atoms with Gasteiger partial charge in [-0.05, 0) is 60.7 Å². The zero-order valence-corrected chi connectivity index (χ0v) is 15.4. The standard InChI is InChI=1S/C17H18FN3O3S2/c18-13-1-3-14(4-2-13)19-17(25)20-15-5-7-16(8-6-15)26(22,23)21-9-11-24-12-10-21/h1-8H,9-12H2,(H2,19,20,25). The largest absolute Gasteiger partial charge is 0.379 e. The van der Waals surface area contributed by atoms with Crippen molar-refractivity contribution in [1.29, 1.82) is 0 Å². The fourth-order valence-electron chi connectivity index (χ4n) is 2.47. The van der Waals surface area contributed by atoms with E-state index in [-0.39, 0.29) is 10.7 Å². The normalized spacial score (nSPS) is 15.4. The van der Waals surface area contributed by atoms with Gasteiger partial charge < -0.3 is 15.4 Å². The molecule has 0 unspecified atom stereocenters. The predicted octanol–water partition coefficient (Wildman–Crippen LogP) is 2.66. The first-order valence-corrected chi connectivity index (χ1v) is 9.81. The predicted molar refractivity (Wildman–Crippen MR) is 102 cm³/mol. The molecule has 0 spiro atoms. The van der Waals surface area contributed by atoms with Gasteiger partial charge in [0, 0.05) is 24.5 Å². The third-order valence-corrected chi connectivity index (χ3v) is 5.94. The molecule has 3 rings (SSSR count). The first-order valence-electron chi connectivity index (χ1n) is 7.97. The van der Waals surface area contributed by atoms with E-state index in [2.05, 4.69) is 10.6 Å². The molecule has 0 saturated carbocycles. The fourth-order valence-corrected chi connectivity index (χ4v) is 4.12. The minimum atomic E-state index is -3.52. The average Bonchev–Trinajstić information content (AvgIpc) is 2.65. The van der Waals surface area contributed by atoms with Crippen LogP contribution in [0.25, 0.3) is 0 Å². The lowest BCUT2D eigenvalue weighted by molar-refractivity contribution is 0.0730. The van der Waals surface area contributed by atoms with Gasteiger partial charge in [0.2, 0.25) is 10.0 Å². The molecule has 0 bridgehead atoms. The van der Waals surface area contributed by atoms with Crippen molar-refractivity contribution in [3.8, 4) is 0 Å². The summed E-state index contributed by atoms with van der Waals surface area (Å²) < 4.78 is 44.7. The van der Waals surface area contributed by atoms with Gasteiger partial charge in [0.05, 0.1) is 18.1 Å². The van der Waals surface area contributed by atoms with Crippen LogP contribution in [-0.2, 0) is 14.8 Å². The number of sulfonamides is 1. The lowest BCUT2D eigenvalue weighted by Crippen LogP contribution is -2.40. The van der Waals surface area contributed by atoms with Crippen LogP contribution in [0.4, 0.5) is 15.8 Å². The highest BCUT2D eigenvalue weighted by molar-refractivity contribution is 7.89. The Kier molecular flexibility index (Phi) is 5.82. The van der Waals surface area contributed by atoms with E-state index >= 15 is 0 Å². The Morgan fingerprint density at radius 3 is 2.00 bits per heavy atom. The van der Waals surface area contributed by atoms with Crippen molar-refractivity contribution in [3.63, 3.8) is 0 Å². The van der Waals surface area contributed by atoms with Gasteiger partial charge in [-0.25, -0.2) is 12.8 Å². The minimum absolute atomic E-state index is 0.224. The van der Waals surface area contributed by atoms with E-state index in [1.54, 1.807) is 24.3 Å². The molecule has 0 aromatic heterocycles. The third kappa shape index (κ3) is 4.55. The molecule has 1 saturated heterocycles. The van der Waals surface area contributed by atoms with Crippen molar-refractivity contribution in [2.75, 3.05) is 36.9 Å². The van der Waals surface area contributed by atoms with Crippen molar-refractivity contribution in [2.45, 2.75) is 4.90 Å². The lowest BCUT2D eigenvalue weighted by atomic mass is 10.3. The number of thiocarbonyl (C=S) groups is 1. The number of hydrogen-bond acceptors (Lipinski definition) is 4. The fraction of sp³-hybridized carbons (Fsp3) is 0.235. The molecule has 26 heavy (non-hydrogen) atoms. The number of hydrogen-bond donors (Lipinski definition) is 2. The topological polar surface area (TPSA) is 70.7 Å². The van der Waals surface area contributed by atoms with Gasteiger partial charge in [0.15, 0.2) is 5.11 Å². The van der Waals surface area contributed by atoms with Gasteiger partial charge >= 0.3 is 0 Å². The van der Waals surface area contributed by atoms with Gasteiger partial charge in [-0.2, -0.15) is 4.31 Å². The van der Waals surface area contributed by atoms with Crippen LogP contribution in [0.1, 0.15) is 0 Å². The van der Waals surface area contributed by atoms with E-state index < -0.39 is 10.0 Å². The monoisotopic (exact) mass is 395 g/mol. The first-order chi connectivity index (χ1) is 12.4. The number of ether oxygens (including phenoxy) is 1. The second-order valence-corrected chi connectivity index (χ2v) is 7.97. The van der Waals surface area contributed by atoms with E-state index in [9.17, 15) is 12.8 Å². The number of benzene rings is 2. The molecule has 1 heterocycles. The Morgan fingerprint density at radius 1 is 0.962 bits per heavy atom. The van der Waals surface area contributed by atoms with Crippen LogP contribution in [-0.4, -0.2) is 44.1 Å². The molecule has 2 aromatic rings. The van der Waals surface area contributed by atoms with Crippen molar-refractivity contribution >= 4 is 38.7 Å². The summed E-state index contributed by atoms with van der Waals surface area (Å²) in [6.07, 6.45) is 0. The van der Waals surface area contributed by atoms with Crippen LogP contribution in [0.3, 0.4) is 0 Å². The molecule has 1 aliphatic heterocycles. The van der Waals surface area contributed by atoms with Crippen LogP contribution in [0.15, 0.2) is 53.4 Å². The highest BCUT2D eigenvalue weighted by atomic mass is 32.2. The van der Waals surface area contributed by atoms with E-state index in [1.165, 1.54) is 28.6 Å². The Labute approximate surface area is 157 Å². The van der Waals surface area contributed by atoms with Crippen molar-refractivity contribution < 1.29 is 17.5 Å². The zero-order valence-electron chi connectivity index (χ0n) is 13.8. The molecule has 2 N–H and O–H groups in total. The van der Waals surface area contributed by atoms with Crippen molar-refractivity contribution in [2.24, 2.45) is 0 Å². The van der Waals surface area contributed by atoms with E-state index in [4.69, 9.17) is 17.0 Å². The van der Waals surface area contributed by atoms with Crippen LogP contribution in [0.5, 0.6) is 0 Å². The first kappa shape index (κ1) is 18.7. The number of halogens is 1. The Balaban J connectivity index is 1.63. The summed E-state index contributed by atoms with van der Waals surface area (Å²) >= 11 is 5.20. The van der Waals surface area contributed by atoms with Crippen molar-refractivity contribution in [3.05, 3.63) is 54.3 Å². The highest BCUT2D eigenvalue weighted by Crippen LogP contribution is 2.19. The number of rotatable bonds is 4. The molecular formula is C17H18FN3O3S2. The molecule has 2 aromatic carbocycles. The minimum Gasteiger partial charge on any atom is -0.379 e. The molecule has 0 aliphatic carbocycles. The van der Waals surface area contributed by atoms with E-state index in [1.807, 2.05) is 0 Å². The lowest BCUT2D eigenvalue weighted by Gasteiger charge is -2.26. The second kappa shape index (κ2) is 8.09. The number of nitrogens with one attached hydrogen (secondary N) is 2. The van der Waals surface area contributed by atoms with Crippen LogP contribution in [0, 0.1) is 5.82 Å². The summed E-state index contributed by atoms with van der Waals surface area (Å²) in [5.74, 6) is -0.327. The summed E-state index contributed by atoms with van der Waals surface area (Å²) in [6.45, 7) is 1.52. The number of morpholine rings is 1. The summed E-state index contributed by atoms with van der Waals surface area (Å²) in [5, 5.41) is 6.21. The zero-order chi connectivity index (χ0) is 18.6. The van der Waals surface area contributed by atoms with Gasteiger partial charge in [0.25, 0.3) is 0 Å². The summed E-state index contributed by atoms with van der Waals surface area (Å²) in [7, 11) is -3.52. The second-order valence-electron chi connectivity index (χ2n) is 5.63. The van der Waals surface area contributed by atoms with Crippen LogP contribution >= 0.6 is 12.2 Å². The molecule has 1 fully saturated rings. The van der Waals surface area contributed by atoms with Crippen LogP contribution < -0.4 is 10.6 Å². The molecule has 1 aliphatic rings. The smallest absolute Gasteiger partial charge is 0.243 e. The highest BCUT2D eigenvalue weighted by Gasteiger charge is 2.26. The van der Waals surface area contributed by atoms with Gasteiger partial charge in [-0.1, -0.05) is 0 Å². The molecule has 138 valence electrons. The summed E-state index contributed by atoms with van der Waals surface area (Å²) in [5.41, 5.74) is 1.29. The molecular weight excluding hydrogens is 377 g/mol. The van der Waals surface area contributed by atoms with Crippen LogP contribution in [0.2, 0.25) is 0 Å². The Bertz CT molecular complexity index is 865. The van der Waals surface area contributed by atoms with E-state index in [0.29, 0.717) is 42.8 Å². The van der Waals surface area contributed by atoms with Gasteiger partial charge in [-0.3, -0.25) is 0 Å². The maximum atomic E-state index is 12.9. The Hall–Kier alpha value is -2.07. The quantitative estimate of drug-likeness (QED) is 0.776. The molecule has 0 amide bonds. The number of anilines is 2. The average molecular weight is 395 g/mol. The van der Waals surface area contributed by atoms with Gasteiger partial charge in [0.1, 0.15) is 5.82 Å². The van der Waals surface area contributed by atoms with Crippen molar-refractivity contribution in [1.82, 2.24) is 4.31 Å². The molecule has 6 nitrogen and oxygen atoms in total. The SMILES string of the molecule is O=S(=O)(c1ccc(NC(=S)Nc2ccc(F)cc2)cc1)N1CCOCC1.